The molecule has 2 aromatic carbocycles. The molecule has 2 saturated heterocycles. The Morgan fingerprint density at radius 2 is 1.51 bits per heavy atom. The van der Waals surface area contributed by atoms with Crippen LogP contribution in [-0.2, 0) is 62.4 Å². The maximum absolute atomic E-state index is 14.5. The molecule has 1 aromatic heterocycles. The molecule has 400 valence electrons. The Bertz CT molecular complexity index is 2450. The quantitative estimate of drug-likeness (QED) is 0.0228. The van der Waals surface area contributed by atoms with Crippen LogP contribution in [0.4, 0.5) is 0 Å². The zero-order chi connectivity index (χ0) is 53.7. The number of benzene rings is 2. The number of carbonyl (C=O) groups excluding carboxylic acids is 7. The highest BCUT2D eigenvalue weighted by Gasteiger charge is 2.40. The highest BCUT2D eigenvalue weighted by molar-refractivity contribution is 8.76. The average molecular weight is 1070 g/mol. The average Bonchev–Trinajstić information content (AvgIpc) is 4.08. The molecule has 0 radical (unpaired) electrons. The molecule has 5 rings (SSSR count). The molecule has 8 atom stereocenters. The van der Waals surface area contributed by atoms with Crippen molar-refractivity contribution in [3.8, 4) is 5.75 Å². The summed E-state index contributed by atoms with van der Waals surface area (Å²) in [5.41, 5.74) is 18.3. The predicted octanol–water partition coefficient (Wildman–Crippen LogP) is -1.84. The predicted molar refractivity (Wildman–Crippen MR) is 272 cm³/mol. The molecule has 25 nitrogen and oxygen atoms in total. The van der Waals surface area contributed by atoms with E-state index in [-0.39, 0.29) is 87.7 Å². The lowest BCUT2D eigenvalue weighted by molar-refractivity contribution is -0.145. The lowest BCUT2D eigenvalue weighted by Crippen LogP contribution is -2.60. The van der Waals surface area contributed by atoms with Crippen molar-refractivity contribution >= 4 is 80.8 Å². The number of carboxylic acids is 2. The van der Waals surface area contributed by atoms with Gasteiger partial charge in [0.2, 0.25) is 41.4 Å². The number of nitrogens with two attached hydrogens (primary N) is 3. The van der Waals surface area contributed by atoms with Crippen molar-refractivity contribution in [2.45, 2.75) is 113 Å². The Morgan fingerprint density at radius 1 is 0.811 bits per heavy atom. The number of aromatic hydroxyl groups is 1. The zero-order valence-corrected chi connectivity index (χ0v) is 41.9. The molecular formula is C47H63N13O12S2. The van der Waals surface area contributed by atoms with Crippen LogP contribution < -0.4 is 49.1 Å². The minimum absolute atomic E-state index is 0.00132. The van der Waals surface area contributed by atoms with Crippen molar-refractivity contribution in [1.82, 2.24) is 46.8 Å². The summed E-state index contributed by atoms with van der Waals surface area (Å²) in [6, 6.07) is 4.13. The number of imidazole rings is 1. The second-order valence-corrected chi connectivity index (χ2v) is 20.3. The van der Waals surface area contributed by atoms with Gasteiger partial charge in [0.1, 0.15) is 48.0 Å². The van der Waals surface area contributed by atoms with Crippen LogP contribution in [0.1, 0.15) is 61.8 Å². The van der Waals surface area contributed by atoms with Gasteiger partial charge in [-0.2, -0.15) is 0 Å². The van der Waals surface area contributed by atoms with Crippen LogP contribution in [0.3, 0.4) is 0 Å². The second kappa shape index (κ2) is 28.7. The smallest absolute Gasteiger partial charge is 0.326 e. The normalized spacial score (nSPS) is 20.0. The Labute approximate surface area is 433 Å². The third-order valence-corrected chi connectivity index (χ3v) is 14.4. The number of amides is 7. The van der Waals surface area contributed by atoms with E-state index in [1.54, 1.807) is 30.3 Å². The Kier molecular flexibility index (Phi) is 22.3. The molecule has 0 saturated carbocycles. The number of carbonyl (C=O) groups is 9. The zero-order valence-electron chi connectivity index (χ0n) is 40.3. The number of phenols is 1. The van der Waals surface area contributed by atoms with Crippen molar-refractivity contribution in [2.75, 3.05) is 24.6 Å². The molecule has 74 heavy (non-hydrogen) atoms. The summed E-state index contributed by atoms with van der Waals surface area (Å²) < 4.78 is 0. The minimum Gasteiger partial charge on any atom is -0.508 e. The van der Waals surface area contributed by atoms with E-state index in [2.05, 4.69) is 46.9 Å². The first-order valence-electron chi connectivity index (χ1n) is 23.8. The van der Waals surface area contributed by atoms with Crippen LogP contribution in [0.2, 0.25) is 0 Å². The number of hydrogen-bond donors (Lipinski definition) is 13. The number of hydrogen-bond acceptors (Lipinski definition) is 15. The van der Waals surface area contributed by atoms with Gasteiger partial charge in [-0.1, -0.05) is 64.1 Å². The largest absolute Gasteiger partial charge is 0.508 e. The summed E-state index contributed by atoms with van der Waals surface area (Å²) in [5.74, 6) is -7.79. The van der Waals surface area contributed by atoms with Gasteiger partial charge in [0, 0.05) is 55.7 Å². The van der Waals surface area contributed by atoms with Crippen molar-refractivity contribution in [3.05, 3.63) is 83.9 Å². The Morgan fingerprint density at radius 3 is 2.18 bits per heavy atom. The number of aliphatic carboxylic acids is 2. The van der Waals surface area contributed by atoms with Gasteiger partial charge in [-0.05, 0) is 61.8 Å². The number of aromatic amines is 1. The summed E-state index contributed by atoms with van der Waals surface area (Å²) in [4.78, 5) is 134. The summed E-state index contributed by atoms with van der Waals surface area (Å²) in [6.45, 7) is 0.200. The fourth-order valence-electron chi connectivity index (χ4n) is 8.12. The molecule has 2 aliphatic heterocycles. The first-order valence-corrected chi connectivity index (χ1v) is 26.3. The van der Waals surface area contributed by atoms with Crippen LogP contribution >= 0.6 is 21.6 Å². The van der Waals surface area contributed by atoms with Gasteiger partial charge in [0.25, 0.3) is 0 Å². The van der Waals surface area contributed by atoms with Crippen molar-refractivity contribution in [3.63, 3.8) is 0 Å². The van der Waals surface area contributed by atoms with Gasteiger partial charge in [-0.3, -0.25) is 43.3 Å². The first kappa shape index (κ1) is 57.5. The van der Waals surface area contributed by atoms with E-state index in [4.69, 9.17) is 17.2 Å². The number of carboxylic acid groups (broad SMARTS) is 2. The second-order valence-electron chi connectivity index (χ2n) is 17.6. The van der Waals surface area contributed by atoms with E-state index in [9.17, 15) is 58.5 Å². The molecule has 0 unspecified atom stereocenters. The molecule has 0 bridgehead atoms. The molecule has 27 heteroatoms. The number of H-pyrrole nitrogens is 1. The Hall–Kier alpha value is -7.39. The molecule has 2 fully saturated rings. The summed E-state index contributed by atoms with van der Waals surface area (Å²) >= 11 is 0. The molecule has 3 aromatic rings. The lowest BCUT2D eigenvalue weighted by atomic mass is 10.0. The van der Waals surface area contributed by atoms with Crippen molar-refractivity contribution in [1.29, 1.82) is 0 Å². The molecule has 16 N–H and O–H groups in total. The van der Waals surface area contributed by atoms with E-state index in [1.807, 2.05) is 0 Å². The number of aliphatic imine (C=N–C) groups is 1. The van der Waals surface area contributed by atoms with E-state index in [0.29, 0.717) is 23.2 Å². The number of phenolic OH excluding ortho intramolecular Hbond substituents is 1. The third kappa shape index (κ3) is 18.3. The van der Waals surface area contributed by atoms with E-state index in [0.717, 1.165) is 0 Å². The highest BCUT2D eigenvalue weighted by atomic mass is 33.1. The monoisotopic (exact) mass is 1070 g/mol. The maximum Gasteiger partial charge on any atom is 0.326 e. The molecular weight excluding hydrogens is 1000 g/mol. The SMILES string of the molecule is NC(N)=NCCC[C@H](NC(=O)[C@H](N)CC(=O)O)C(=O)N[C@@H]1CCSSCC[C@H](C(=O)N[C@H](Cc2cnc[nH]2)C(=O)N2CCC[C@H]2C(=O)N[C@H](Cc2ccccc2)C(=O)O)NC(=O)[C@@H](Cc2ccc(O)cc2)NC1=O. The maximum atomic E-state index is 14.5. The number of nitrogens with zero attached hydrogens (tertiary/aromatic N) is 3. The van der Waals surface area contributed by atoms with Crippen LogP contribution in [0.15, 0.2) is 72.1 Å². The first-order chi connectivity index (χ1) is 35.4. The van der Waals surface area contributed by atoms with Crippen LogP contribution in [-0.4, -0.2) is 162 Å². The fraction of sp³-hybridized carbons (Fsp3) is 0.468. The van der Waals surface area contributed by atoms with E-state index < -0.39 is 108 Å². The van der Waals surface area contributed by atoms with Crippen LogP contribution in [0, 0.1) is 0 Å². The summed E-state index contributed by atoms with van der Waals surface area (Å²) in [6.07, 6.45) is 2.71. The van der Waals surface area contributed by atoms with Gasteiger partial charge >= 0.3 is 11.9 Å². The fourth-order valence-corrected chi connectivity index (χ4v) is 10.3. The van der Waals surface area contributed by atoms with E-state index >= 15 is 0 Å². The van der Waals surface area contributed by atoms with Gasteiger partial charge in [0.05, 0.1) is 18.8 Å². The standard InChI is InChI=1S/C47H63N13O12S2/c48-30(23-38(62)63)39(64)54-31(8-4-16-52-47(49)50)40(65)55-32-14-18-73-74-19-15-33(56-43(68)34(57-41(32)66)20-27-10-12-29(61)13-11-27)42(67)58-35(22-28-24-51-25-53-28)45(70)60-17-5-9-37(60)44(69)59-36(46(71)72)21-26-6-2-1-3-7-26/h1-3,6-7,10-13,24-25,30-37,61H,4-5,8-9,14-23,48H2,(H,51,53)(H,54,64)(H,55,65)(H,56,68)(H,57,66)(H,58,67)(H,59,69)(H,62,63)(H,71,72)(H4,49,50,52)/t30-,31+,32-,33-,34-,35-,36-,37+/m1/s1. The molecule has 2 aliphatic rings. The summed E-state index contributed by atoms with van der Waals surface area (Å²) in [5, 5.41) is 45.1. The van der Waals surface area contributed by atoms with Crippen LogP contribution in [0.5, 0.6) is 5.75 Å². The topological polar surface area (TPSA) is 409 Å². The van der Waals surface area contributed by atoms with Crippen molar-refractivity contribution in [2.24, 2.45) is 22.2 Å². The molecule has 3 heterocycles. The van der Waals surface area contributed by atoms with Crippen molar-refractivity contribution < 1.29 is 58.5 Å². The molecule has 0 spiro atoms. The number of nitrogens with one attached hydrogen (secondary N) is 7. The number of guanidine groups is 1. The lowest BCUT2D eigenvalue weighted by Gasteiger charge is -2.30. The minimum atomic E-state index is -1.50. The number of rotatable bonds is 22. The van der Waals surface area contributed by atoms with Gasteiger partial charge in [-0.25, -0.2) is 9.78 Å². The summed E-state index contributed by atoms with van der Waals surface area (Å²) in [7, 11) is 2.63. The van der Waals surface area contributed by atoms with E-state index in [1.165, 1.54) is 63.3 Å². The van der Waals surface area contributed by atoms with Gasteiger partial charge in [-0.15, -0.1) is 0 Å². The number of aromatic nitrogens is 2. The third-order valence-electron chi connectivity index (χ3n) is 12.0. The van der Waals surface area contributed by atoms with Crippen LogP contribution in [0.25, 0.3) is 0 Å². The number of likely N-dealkylation sites (tertiary alicyclic amines) is 1. The van der Waals surface area contributed by atoms with Gasteiger partial charge in [0.15, 0.2) is 5.96 Å². The molecule has 0 aliphatic carbocycles. The molecule has 7 amide bonds. The highest BCUT2D eigenvalue weighted by Crippen LogP contribution is 2.25. The Balaban J connectivity index is 1.36. The van der Waals surface area contributed by atoms with Gasteiger partial charge < -0.3 is 74.3 Å².